The van der Waals surface area contributed by atoms with Crippen LogP contribution >= 0.6 is 0 Å². The highest BCUT2D eigenvalue weighted by atomic mass is 15.4. The predicted molar refractivity (Wildman–Crippen MR) is 145 cm³/mol. The summed E-state index contributed by atoms with van der Waals surface area (Å²) in [5.74, 6) is 1.66. The van der Waals surface area contributed by atoms with Crippen LogP contribution < -0.4 is 15.5 Å². The molecule has 0 amide bonds. The summed E-state index contributed by atoms with van der Waals surface area (Å²) in [4.78, 5) is 18.3. The molecule has 4 aromatic heterocycles. The second-order valence-corrected chi connectivity index (χ2v) is 8.72. The standard InChI is InChI=1S/C25H26N10.C2H6/c1-32-15-21(14-30-32)19-11-22-24(29-17-31-35(22)16-19)33-7-9-34(10-8-33)25-27-12-20(13-28-25)23(26)18-5-3-2-4-6-18;1-2/h2-6,11-17,23H,7-10,26H2,1H3;1-2H3. The zero-order valence-electron chi connectivity index (χ0n) is 21.4. The number of hydrogen-bond donors (Lipinski definition) is 1. The average molecular weight is 497 g/mol. The number of nitrogens with zero attached hydrogens (tertiary/aromatic N) is 9. The molecule has 0 saturated carbocycles. The third-order valence-corrected chi connectivity index (χ3v) is 6.46. The summed E-state index contributed by atoms with van der Waals surface area (Å²) >= 11 is 0. The van der Waals surface area contributed by atoms with Gasteiger partial charge in [-0.2, -0.15) is 10.2 Å². The minimum atomic E-state index is -0.235. The van der Waals surface area contributed by atoms with Gasteiger partial charge < -0.3 is 15.5 Å². The van der Waals surface area contributed by atoms with Crippen LogP contribution in [0.25, 0.3) is 16.6 Å². The molecular weight excluding hydrogens is 464 g/mol. The van der Waals surface area contributed by atoms with E-state index in [1.54, 1.807) is 11.0 Å². The average Bonchev–Trinajstić information content (AvgIpc) is 3.61. The van der Waals surface area contributed by atoms with Crippen molar-refractivity contribution in [3.8, 4) is 11.1 Å². The molecule has 5 heterocycles. The fourth-order valence-corrected chi connectivity index (χ4v) is 4.51. The molecule has 10 heteroatoms. The highest BCUT2D eigenvalue weighted by Crippen LogP contribution is 2.27. The van der Waals surface area contributed by atoms with Crippen molar-refractivity contribution >= 4 is 17.3 Å². The Labute approximate surface area is 216 Å². The van der Waals surface area contributed by atoms with Gasteiger partial charge in [-0.05, 0) is 11.6 Å². The lowest BCUT2D eigenvalue weighted by Gasteiger charge is -2.35. The van der Waals surface area contributed by atoms with Gasteiger partial charge in [0.2, 0.25) is 5.95 Å². The fraction of sp³-hybridized carbons (Fsp3) is 0.296. The number of piperazine rings is 1. The lowest BCUT2D eigenvalue weighted by atomic mass is 10.0. The van der Waals surface area contributed by atoms with Crippen LogP contribution in [0.3, 0.4) is 0 Å². The van der Waals surface area contributed by atoms with Crippen molar-refractivity contribution in [2.75, 3.05) is 36.0 Å². The quantitative estimate of drug-likeness (QED) is 0.395. The second-order valence-electron chi connectivity index (χ2n) is 8.72. The fourth-order valence-electron chi connectivity index (χ4n) is 4.51. The van der Waals surface area contributed by atoms with Crippen LogP contribution in [0, 0.1) is 0 Å². The Kier molecular flexibility index (Phi) is 7.09. The van der Waals surface area contributed by atoms with E-state index < -0.39 is 0 Å². The van der Waals surface area contributed by atoms with Gasteiger partial charge in [0.25, 0.3) is 0 Å². The summed E-state index contributed by atoms with van der Waals surface area (Å²) in [5.41, 5.74) is 11.5. The first kappa shape index (κ1) is 24.4. The number of benzene rings is 1. The van der Waals surface area contributed by atoms with Gasteiger partial charge in [0.05, 0.1) is 12.2 Å². The summed E-state index contributed by atoms with van der Waals surface area (Å²) < 4.78 is 3.68. The first-order chi connectivity index (χ1) is 18.2. The normalized spacial score (nSPS) is 14.4. The monoisotopic (exact) mass is 496 g/mol. The van der Waals surface area contributed by atoms with Crippen LogP contribution in [0.1, 0.15) is 31.0 Å². The SMILES string of the molecule is CC.Cn1cc(-c2cc3c(N4CCN(c5ncc(C(N)c6ccccc6)cn5)CC4)ncnn3c2)cn1. The van der Waals surface area contributed by atoms with Crippen LogP contribution in [0.2, 0.25) is 0 Å². The summed E-state index contributed by atoms with van der Waals surface area (Å²) in [5, 5.41) is 8.69. The maximum Gasteiger partial charge on any atom is 0.225 e. The first-order valence-electron chi connectivity index (χ1n) is 12.6. The number of anilines is 2. The Bertz CT molecular complexity index is 1430. The van der Waals surface area contributed by atoms with Gasteiger partial charge in [0.15, 0.2) is 5.82 Å². The molecule has 1 aliphatic heterocycles. The van der Waals surface area contributed by atoms with E-state index in [9.17, 15) is 0 Å². The summed E-state index contributed by atoms with van der Waals surface area (Å²) in [6.07, 6.45) is 11.2. The Hall–Kier alpha value is -4.31. The van der Waals surface area contributed by atoms with E-state index in [1.165, 1.54) is 0 Å². The number of fused-ring (bicyclic) bond motifs is 1. The Morgan fingerprint density at radius 3 is 2.16 bits per heavy atom. The molecule has 0 spiro atoms. The van der Waals surface area contributed by atoms with E-state index in [0.717, 1.165) is 65.7 Å². The third kappa shape index (κ3) is 5.01. The van der Waals surface area contributed by atoms with Gasteiger partial charge in [-0.3, -0.25) is 4.68 Å². The molecule has 0 radical (unpaired) electrons. The van der Waals surface area contributed by atoms with E-state index in [2.05, 4.69) is 41.0 Å². The molecule has 5 aromatic rings. The zero-order chi connectivity index (χ0) is 25.8. The van der Waals surface area contributed by atoms with Crippen molar-refractivity contribution < 1.29 is 0 Å². The van der Waals surface area contributed by atoms with E-state index >= 15 is 0 Å². The van der Waals surface area contributed by atoms with Crippen LogP contribution in [0.4, 0.5) is 11.8 Å². The Morgan fingerprint density at radius 1 is 0.784 bits per heavy atom. The van der Waals surface area contributed by atoms with Crippen molar-refractivity contribution in [2.45, 2.75) is 19.9 Å². The highest BCUT2D eigenvalue weighted by Gasteiger charge is 2.23. The van der Waals surface area contributed by atoms with Crippen molar-refractivity contribution in [3.05, 3.63) is 84.8 Å². The largest absolute Gasteiger partial charge is 0.351 e. The minimum Gasteiger partial charge on any atom is -0.351 e. The molecule has 10 nitrogen and oxygen atoms in total. The van der Waals surface area contributed by atoms with Gasteiger partial charge in [0.1, 0.15) is 11.8 Å². The number of nitrogens with two attached hydrogens (primary N) is 1. The molecule has 1 fully saturated rings. The van der Waals surface area contributed by atoms with Gasteiger partial charge in [0, 0.05) is 74.7 Å². The van der Waals surface area contributed by atoms with Gasteiger partial charge in [-0.15, -0.1) is 0 Å². The number of aryl methyl sites for hydroxylation is 1. The minimum absolute atomic E-state index is 0.235. The molecule has 1 aromatic carbocycles. The highest BCUT2D eigenvalue weighted by molar-refractivity contribution is 5.77. The molecule has 1 saturated heterocycles. The summed E-state index contributed by atoms with van der Waals surface area (Å²) in [7, 11) is 1.92. The van der Waals surface area contributed by atoms with Crippen LogP contribution in [-0.4, -0.2) is 60.5 Å². The van der Waals surface area contributed by atoms with E-state index in [0.29, 0.717) is 0 Å². The van der Waals surface area contributed by atoms with Gasteiger partial charge in [-0.25, -0.2) is 19.5 Å². The molecule has 1 atom stereocenters. The third-order valence-electron chi connectivity index (χ3n) is 6.46. The van der Waals surface area contributed by atoms with Gasteiger partial charge in [-0.1, -0.05) is 44.2 Å². The summed E-state index contributed by atoms with van der Waals surface area (Å²) in [6.45, 7) is 7.23. The second kappa shape index (κ2) is 10.8. The molecule has 0 aliphatic carbocycles. The smallest absolute Gasteiger partial charge is 0.225 e. The topological polar surface area (TPSA) is 106 Å². The molecular formula is C27H32N10. The van der Waals surface area contributed by atoms with Crippen molar-refractivity contribution in [1.82, 2.24) is 34.3 Å². The van der Waals surface area contributed by atoms with Crippen LogP contribution in [0.5, 0.6) is 0 Å². The van der Waals surface area contributed by atoms with E-state index in [-0.39, 0.29) is 6.04 Å². The number of rotatable bonds is 5. The Balaban J connectivity index is 0.00000137. The zero-order valence-corrected chi connectivity index (χ0v) is 21.4. The van der Waals surface area contributed by atoms with Gasteiger partial charge >= 0.3 is 0 Å². The van der Waals surface area contributed by atoms with Crippen molar-refractivity contribution in [3.63, 3.8) is 0 Å². The van der Waals surface area contributed by atoms with Crippen molar-refractivity contribution in [2.24, 2.45) is 12.8 Å². The molecule has 0 bridgehead atoms. The van der Waals surface area contributed by atoms with E-state index in [4.69, 9.17) is 5.73 Å². The van der Waals surface area contributed by atoms with E-state index in [1.807, 2.05) is 86.7 Å². The molecule has 2 N–H and O–H groups in total. The maximum absolute atomic E-state index is 6.39. The molecule has 190 valence electrons. The lowest BCUT2D eigenvalue weighted by Crippen LogP contribution is -2.47. The Morgan fingerprint density at radius 2 is 1.49 bits per heavy atom. The predicted octanol–water partition coefficient (Wildman–Crippen LogP) is 3.32. The molecule has 6 rings (SSSR count). The van der Waals surface area contributed by atoms with Crippen molar-refractivity contribution in [1.29, 1.82) is 0 Å². The number of hydrogen-bond acceptors (Lipinski definition) is 8. The van der Waals surface area contributed by atoms with Crippen LogP contribution in [0.15, 0.2) is 73.7 Å². The maximum atomic E-state index is 6.39. The summed E-state index contributed by atoms with van der Waals surface area (Å²) in [6, 6.07) is 11.9. The van der Waals surface area contributed by atoms with Crippen LogP contribution in [-0.2, 0) is 7.05 Å². The molecule has 1 unspecified atom stereocenters. The molecule has 1 aliphatic rings. The molecule has 37 heavy (non-hydrogen) atoms. The number of aromatic nitrogens is 7. The lowest BCUT2D eigenvalue weighted by molar-refractivity contribution is 0.632. The first-order valence-corrected chi connectivity index (χ1v) is 12.6.